The van der Waals surface area contributed by atoms with Crippen molar-refractivity contribution >= 4 is 34.4 Å². The average molecular weight is 653 g/mol. The van der Waals surface area contributed by atoms with Gasteiger partial charge in [0.05, 0.1) is 33.7 Å². The standard InChI is InChI=1S/C45H42N5/c1-42(2)28-15-8-10-22-36(28)49-38-30(42)17-12-18-31(38)44(5,6)35-25-48(27-47-41(35)49)26-45(7)29-16-9-11-23-37(29)50-39-32(19-13-20-33(39)45)43(3,4)34-21-14-24-46-40(34)50/h8-25,27H,26H2,1-7H3/q+1. The molecular weight excluding hydrogens is 611 g/mol. The monoisotopic (exact) mass is 652 g/mol. The highest BCUT2D eigenvalue weighted by molar-refractivity contribution is 5.92. The quantitative estimate of drug-likeness (QED) is 0.175. The van der Waals surface area contributed by atoms with Crippen molar-refractivity contribution in [1.82, 2.24) is 9.97 Å². The van der Waals surface area contributed by atoms with Crippen LogP contribution in [0, 0.1) is 0 Å². The molecule has 0 N–H and O–H groups in total. The van der Waals surface area contributed by atoms with E-state index in [2.05, 4.69) is 172 Å². The van der Waals surface area contributed by atoms with Crippen molar-refractivity contribution in [3.63, 3.8) is 0 Å². The maximum atomic E-state index is 5.38. The zero-order valence-corrected chi connectivity index (χ0v) is 29.9. The van der Waals surface area contributed by atoms with Gasteiger partial charge in [-0.3, -0.25) is 9.80 Å². The normalized spacial score (nSPS) is 20.5. The minimum absolute atomic E-state index is 0.114. The largest absolute Gasteiger partial charge is 0.294 e. The van der Waals surface area contributed by atoms with Crippen LogP contribution in [-0.4, -0.2) is 9.97 Å². The van der Waals surface area contributed by atoms with Crippen LogP contribution in [0.1, 0.15) is 93.0 Å². The van der Waals surface area contributed by atoms with E-state index in [-0.39, 0.29) is 21.7 Å². The highest BCUT2D eigenvalue weighted by Crippen LogP contribution is 2.61. The van der Waals surface area contributed by atoms with Crippen LogP contribution in [0.4, 0.5) is 34.4 Å². The molecule has 1 atom stereocenters. The molecule has 6 aromatic rings. The van der Waals surface area contributed by atoms with E-state index in [1.165, 1.54) is 67.3 Å². The molecular formula is C45H42N5+. The molecule has 4 aliphatic rings. The predicted molar refractivity (Wildman–Crippen MR) is 201 cm³/mol. The number of fused-ring (bicyclic) bond motifs is 8. The summed E-state index contributed by atoms with van der Waals surface area (Å²) < 4.78 is 2.35. The molecule has 0 fully saturated rings. The van der Waals surface area contributed by atoms with E-state index >= 15 is 0 Å². The molecule has 10 rings (SSSR count). The van der Waals surface area contributed by atoms with Crippen molar-refractivity contribution in [2.45, 2.75) is 76.7 Å². The van der Waals surface area contributed by atoms with Crippen LogP contribution < -0.4 is 14.4 Å². The Morgan fingerprint density at radius 1 is 0.480 bits per heavy atom. The third kappa shape index (κ3) is 3.50. The predicted octanol–water partition coefficient (Wildman–Crippen LogP) is 9.94. The van der Waals surface area contributed by atoms with Crippen LogP contribution >= 0.6 is 0 Å². The fourth-order valence-electron chi connectivity index (χ4n) is 9.88. The van der Waals surface area contributed by atoms with Crippen LogP contribution in [0.2, 0.25) is 0 Å². The van der Waals surface area contributed by atoms with Crippen molar-refractivity contribution in [3.8, 4) is 0 Å². The van der Waals surface area contributed by atoms with Gasteiger partial charge in [-0.1, -0.05) is 120 Å². The Hall–Kier alpha value is -5.29. The molecule has 2 aromatic heterocycles. The molecule has 6 heterocycles. The number of para-hydroxylation sites is 4. The first-order valence-electron chi connectivity index (χ1n) is 17.9. The Morgan fingerprint density at radius 2 is 0.960 bits per heavy atom. The van der Waals surface area contributed by atoms with Crippen LogP contribution in [-0.2, 0) is 28.2 Å². The third-order valence-corrected chi connectivity index (χ3v) is 12.6. The van der Waals surface area contributed by atoms with Gasteiger partial charge in [0.1, 0.15) is 18.6 Å². The number of aromatic nitrogens is 3. The second-order valence-electron chi connectivity index (χ2n) is 16.5. The van der Waals surface area contributed by atoms with E-state index in [1.54, 1.807) is 0 Å². The van der Waals surface area contributed by atoms with Crippen molar-refractivity contribution < 1.29 is 4.57 Å². The average Bonchev–Trinajstić information content (AvgIpc) is 3.11. The molecule has 0 bridgehead atoms. The minimum atomic E-state index is -0.326. The van der Waals surface area contributed by atoms with E-state index < -0.39 is 0 Å². The number of anilines is 6. The molecule has 5 heteroatoms. The maximum absolute atomic E-state index is 5.38. The van der Waals surface area contributed by atoms with Gasteiger partial charge in [-0.25, -0.2) is 9.55 Å². The molecule has 5 nitrogen and oxygen atoms in total. The SMILES string of the molecule is CC1(C)c2ccccc2N2c3nc[n+](CC4(C)c5ccccc5N5c6ncccc6C(C)(C)c6cccc4c65)cc3C(C)(C)c3cccc1c32. The number of nitrogens with zero attached hydrogens (tertiary/aromatic N) is 5. The summed E-state index contributed by atoms with van der Waals surface area (Å²) in [5, 5.41) is 0. The van der Waals surface area contributed by atoms with E-state index in [0.717, 1.165) is 18.2 Å². The first-order chi connectivity index (χ1) is 24.0. The summed E-state index contributed by atoms with van der Waals surface area (Å²) in [6.45, 7) is 17.3. The van der Waals surface area contributed by atoms with Gasteiger partial charge in [0.15, 0.2) is 0 Å². The van der Waals surface area contributed by atoms with E-state index in [1.807, 2.05) is 6.20 Å². The molecule has 0 saturated carbocycles. The molecule has 0 spiro atoms. The summed E-state index contributed by atoms with van der Waals surface area (Å²) >= 11 is 0. The Labute approximate surface area is 294 Å². The Bertz CT molecular complexity index is 2440. The summed E-state index contributed by atoms with van der Waals surface area (Å²) in [6, 6.07) is 35.9. The van der Waals surface area contributed by atoms with Gasteiger partial charge in [-0.2, -0.15) is 0 Å². The highest BCUT2D eigenvalue weighted by atomic mass is 15.2. The maximum Gasteiger partial charge on any atom is 0.288 e. The van der Waals surface area contributed by atoms with Crippen LogP contribution in [0.15, 0.2) is 116 Å². The number of pyridine rings is 1. The summed E-state index contributed by atoms with van der Waals surface area (Å²) in [6.07, 6.45) is 6.39. The lowest BCUT2D eigenvalue weighted by molar-refractivity contribution is -0.706. The number of benzene rings is 4. The second kappa shape index (κ2) is 9.48. The summed E-state index contributed by atoms with van der Waals surface area (Å²) in [5.41, 5.74) is 14.6. The molecule has 246 valence electrons. The minimum Gasteiger partial charge on any atom is -0.294 e. The lowest BCUT2D eigenvalue weighted by Gasteiger charge is -2.49. The van der Waals surface area contributed by atoms with Crippen molar-refractivity contribution in [2.75, 3.05) is 9.80 Å². The molecule has 1 unspecified atom stereocenters. The second-order valence-corrected chi connectivity index (χ2v) is 16.5. The molecule has 0 saturated heterocycles. The lowest BCUT2D eigenvalue weighted by Crippen LogP contribution is -2.50. The number of rotatable bonds is 2. The molecule has 0 amide bonds. The van der Waals surface area contributed by atoms with E-state index in [0.29, 0.717) is 0 Å². The van der Waals surface area contributed by atoms with Crippen LogP contribution in [0.25, 0.3) is 0 Å². The lowest BCUT2D eigenvalue weighted by atomic mass is 9.66. The van der Waals surface area contributed by atoms with Crippen molar-refractivity contribution in [3.05, 3.63) is 160 Å². The smallest absolute Gasteiger partial charge is 0.288 e. The summed E-state index contributed by atoms with van der Waals surface area (Å²) in [4.78, 5) is 15.2. The van der Waals surface area contributed by atoms with Gasteiger partial charge in [-0.15, -0.1) is 0 Å². The summed E-state index contributed by atoms with van der Waals surface area (Å²) in [5.74, 6) is 2.05. The van der Waals surface area contributed by atoms with Gasteiger partial charge < -0.3 is 0 Å². The Balaban J connectivity index is 1.16. The Kier molecular flexibility index (Phi) is 5.61. The fraction of sp³-hybridized carbons (Fsp3) is 0.267. The van der Waals surface area contributed by atoms with E-state index in [4.69, 9.17) is 9.97 Å². The number of hydrogen-bond donors (Lipinski definition) is 0. The third-order valence-electron chi connectivity index (χ3n) is 12.6. The summed E-state index contributed by atoms with van der Waals surface area (Å²) in [7, 11) is 0. The van der Waals surface area contributed by atoms with Gasteiger partial charge in [0.25, 0.3) is 12.1 Å². The molecule has 4 aliphatic heterocycles. The zero-order chi connectivity index (χ0) is 34.4. The Morgan fingerprint density at radius 3 is 1.64 bits per heavy atom. The highest BCUT2D eigenvalue weighted by Gasteiger charge is 2.50. The van der Waals surface area contributed by atoms with Crippen molar-refractivity contribution in [2.24, 2.45) is 0 Å². The first-order valence-corrected chi connectivity index (χ1v) is 17.9. The van der Waals surface area contributed by atoms with Crippen molar-refractivity contribution in [1.29, 1.82) is 0 Å². The van der Waals surface area contributed by atoms with Gasteiger partial charge in [0.2, 0.25) is 0 Å². The molecule has 50 heavy (non-hydrogen) atoms. The van der Waals surface area contributed by atoms with E-state index in [9.17, 15) is 0 Å². The zero-order valence-electron chi connectivity index (χ0n) is 29.9. The van der Waals surface area contributed by atoms with Gasteiger partial charge >= 0.3 is 0 Å². The molecule has 0 aliphatic carbocycles. The topological polar surface area (TPSA) is 36.1 Å². The van der Waals surface area contributed by atoms with Gasteiger partial charge in [0, 0.05) is 28.0 Å². The fourth-order valence-corrected chi connectivity index (χ4v) is 9.88. The number of hydrogen-bond acceptors (Lipinski definition) is 4. The molecule has 4 aromatic carbocycles. The van der Waals surface area contributed by atoms with Gasteiger partial charge in [-0.05, 0) is 63.5 Å². The van der Waals surface area contributed by atoms with Crippen LogP contribution in [0.3, 0.4) is 0 Å². The molecule has 0 radical (unpaired) electrons. The van der Waals surface area contributed by atoms with Crippen LogP contribution in [0.5, 0.6) is 0 Å². The first kappa shape index (κ1) is 29.6.